The lowest BCUT2D eigenvalue weighted by molar-refractivity contribution is 0.117. The zero-order chi connectivity index (χ0) is 5.33. The summed E-state index contributed by atoms with van der Waals surface area (Å²) in [6, 6.07) is 0. The summed E-state index contributed by atoms with van der Waals surface area (Å²) in [5, 5.41) is 11.7. The normalized spacial score (nSPS) is 35.2. The van der Waals surface area contributed by atoms with Crippen LogP contribution in [0.4, 0.5) is 0 Å². The van der Waals surface area contributed by atoms with Crippen LogP contribution in [0.3, 0.4) is 0 Å². The maximum atomic E-state index is 8.58. The van der Waals surface area contributed by atoms with Crippen LogP contribution < -0.4 is 5.32 Å². The number of hydrogen-bond donors (Lipinski definition) is 2. The van der Waals surface area contributed by atoms with Crippen molar-refractivity contribution in [3.63, 3.8) is 0 Å². The van der Waals surface area contributed by atoms with E-state index in [1.165, 1.54) is 0 Å². The fourth-order valence-electron chi connectivity index (χ4n) is 0.687. The molecule has 0 bridgehead atoms. The van der Waals surface area contributed by atoms with Gasteiger partial charge in [-0.2, -0.15) is 0 Å². The van der Waals surface area contributed by atoms with E-state index in [-0.39, 0.29) is 24.6 Å². The van der Waals surface area contributed by atoms with E-state index < -0.39 is 0 Å². The fraction of sp³-hybridized carbons (Fsp3) is 1.00. The summed E-state index contributed by atoms with van der Waals surface area (Å²) in [6.07, 6.45) is 1.11. The Morgan fingerprint density at radius 2 is 2.25 bits per heavy atom. The first-order valence-electron chi connectivity index (χ1n) is 2.63. The standard InChI is InChI=1S/C5H11NO.ClH/c1-5(4-7)2-3-6-5;/h6-7H,2-4H2,1H3;1H/t5-;/m1./s1. The highest BCUT2D eigenvalue weighted by Crippen LogP contribution is 2.15. The van der Waals surface area contributed by atoms with Gasteiger partial charge in [0.15, 0.2) is 0 Å². The number of aliphatic hydroxyl groups excluding tert-OH is 1. The molecular weight excluding hydrogens is 126 g/mol. The van der Waals surface area contributed by atoms with Gasteiger partial charge in [0.25, 0.3) is 0 Å². The highest BCUT2D eigenvalue weighted by Gasteiger charge is 2.29. The van der Waals surface area contributed by atoms with Crippen molar-refractivity contribution >= 4 is 12.4 Å². The minimum Gasteiger partial charge on any atom is -0.394 e. The molecule has 0 unspecified atom stereocenters. The molecule has 0 aromatic rings. The van der Waals surface area contributed by atoms with Crippen molar-refractivity contribution < 1.29 is 5.11 Å². The average molecular weight is 138 g/mol. The molecule has 0 radical (unpaired) electrons. The predicted octanol–water partition coefficient (Wildman–Crippen LogP) is 0.153. The van der Waals surface area contributed by atoms with Crippen LogP contribution in [0, 0.1) is 0 Å². The third-order valence-corrected chi connectivity index (χ3v) is 1.58. The van der Waals surface area contributed by atoms with Crippen LogP contribution >= 0.6 is 12.4 Å². The van der Waals surface area contributed by atoms with Gasteiger partial charge in [0.1, 0.15) is 0 Å². The van der Waals surface area contributed by atoms with Crippen molar-refractivity contribution in [3.05, 3.63) is 0 Å². The molecule has 2 N–H and O–H groups in total. The Morgan fingerprint density at radius 1 is 1.75 bits per heavy atom. The van der Waals surface area contributed by atoms with Gasteiger partial charge in [-0.3, -0.25) is 0 Å². The second-order valence-corrected chi connectivity index (χ2v) is 2.40. The Morgan fingerprint density at radius 3 is 2.25 bits per heavy atom. The van der Waals surface area contributed by atoms with Crippen molar-refractivity contribution in [2.24, 2.45) is 0 Å². The van der Waals surface area contributed by atoms with Crippen molar-refractivity contribution in [2.45, 2.75) is 18.9 Å². The molecule has 2 nitrogen and oxygen atoms in total. The lowest BCUT2D eigenvalue weighted by Gasteiger charge is -2.38. The Balaban J connectivity index is 0.000000490. The van der Waals surface area contributed by atoms with Gasteiger partial charge in [-0.1, -0.05) is 0 Å². The first-order valence-corrected chi connectivity index (χ1v) is 2.63. The summed E-state index contributed by atoms with van der Waals surface area (Å²) in [4.78, 5) is 0. The molecule has 0 aromatic heterocycles. The van der Waals surface area contributed by atoms with Gasteiger partial charge in [-0.05, 0) is 19.9 Å². The minimum atomic E-state index is 0. The van der Waals surface area contributed by atoms with Gasteiger partial charge in [0.2, 0.25) is 0 Å². The van der Waals surface area contributed by atoms with Crippen LogP contribution in [0.25, 0.3) is 0 Å². The maximum Gasteiger partial charge on any atom is 0.0611 e. The number of aliphatic hydroxyl groups is 1. The molecule has 50 valence electrons. The highest BCUT2D eigenvalue weighted by molar-refractivity contribution is 5.85. The zero-order valence-corrected chi connectivity index (χ0v) is 5.79. The molecule has 1 aliphatic heterocycles. The van der Waals surface area contributed by atoms with Crippen molar-refractivity contribution in [1.29, 1.82) is 0 Å². The second kappa shape index (κ2) is 2.67. The molecule has 1 rings (SSSR count). The first-order chi connectivity index (χ1) is 3.27. The summed E-state index contributed by atoms with van der Waals surface area (Å²) in [7, 11) is 0. The maximum absolute atomic E-state index is 8.58. The van der Waals surface area contributed by atoms with E-state index in [1.54, 1.807) is 0 Å². The summed E-state index contributed by atoms with van der Waals surface area (Å²) in [5.41, 5.74) is 0.0694. The van der Waals surface area contributed by atoms with Gasteiger partial charge in [-0.25, -0.2) is 0 Å². The Hall–Kier alpha value is 0.210. The Bertz CT molecular complexity index is 67.3. The average Bonchev–Trinajstić information content (AvgIpc) is 1.61. The van der Waals surface area contributed by atoms with Crippen LogP contribution in [0.1, 0.15) is 13.3 Å². The summed E-state index contributed by atoms with van der Waals surface area (Å²) < 4.78 is 0. The van der Waals surface area contributed by atoms with Gasteiger partial charge in [0, 0.05) is 5.54 Å². The summed E-state index contributed by atoms with van der Waals surface area (Å²) in [5.74, 6) is 0. The predicted molar refractivity (Wildman–Crippen MR) is 35.4 cm³/mol. The quantitative estimate of drug-likeness (QED) is 0.540. The van der Waals surface area contributed by atoms with E-state index in [9.17, 15) is 0 Å². The van der Waals surface area contributed by atoms with E-state index in [1.807, 2.05) is 6.92 Å². The number of rotatable bonds is 1. The minimum absolute atomic E-state index is 0. The van der Waals surface area contributed by atoms with E-state index in [4.69, 9.17) is 5.11 Å². The van der Waals surface area contributed by atoms with Gasteiger partial charge in [0.05, 0.1) is 6.61 Å². The monoisotopic (exact) mass is 137 g/mol. The molecule has 0 saturated carbocycles. The van der Waals surface area contributed by atoms with Crippen LogP contribution in [0.2, 0.25) is 0 Å². The van der Waals surface area contributed by atoms with Gasteiger partial charge >= 0.3 is 0 Å². The SMILES string of the molecule is C[C@]1(CO)CCN1.Cl. The zero-order valence-electron chi connectivity index (χ0n) is 4.98. The largest absolute Gasteiger partial charge is 0.394 e. The molecule has 1 heterocycles. The van der Waals surface area contributed by atoms with Crippen molar-refractivity contribution in [2.75, 3.05) is 13.2 Å². The molecule has 0 spiro atoms. The third-order valence-electron chi connectivity index (χ3n) is 1.58. The Labute approximate surface area is 55.7 Å². The summed E-state index contributed by atoms with van der Waals surface area (Å²) >= 11 is 0. The molecule has 0 aliphatic carbocycles. The van der Waals surface area contributed by atoms with Crippen LogP contribution in [0.15, 0.2) is 0 Å². The number of nitrogens with one attached hydrogen (secondary N) is 1. The topological polar surface area (TPSA) is 32.3 Å². The molecule has 0 aromatic carbocycles. The van der Waals surface area contributed by atoms with E-state index >= 15 is 0 Å². The lowest BCUT2D eigenvalue weighted by atomic mass is 9.92. The molecule has 0 amide bonds. The molecule has 1 saturated heterocycles. The lowest BCUT2D eigenvalue weighted by Crippen LogP contribution is -2.57. The highest BCUT2D eigenvalue weighted by atomic mass is 35.5. The van der Waals surface area contributed by atoms with Gasteiger partial charge < -0.3 is 10.4 Å². The fourth-order valence-corrected chi connectivity index (χ4v) is 0.687. The molecule has 3 heteroatoms. The van der Waals surface area contributed by atoms with Crippen LogP contribution in [0.5, 0.6) is 0 Å². The van der Waals surface area contributed by atoms with Crippen molar-refractivity contribution in [3.8, 4) is 0 Å². The molecule has 1 fully saturated rings. The van der Waals surface area contributed by atoms with Crippen LogP contribution in [-0.2, 0) is 0 Å². The molecule has 1 atom stereocenters. The molecule has 1 aliphatic rings. The smallest absolute Gasteiger partial charge is 0.0611 e. The first kappa shape index (κ1) is 8.21. The van der Waals surface area contributed by atoms with E-state index in [2.05, 4.69) is 5.32 Å². The van der Waals surface area contributed by atoms with E-state index in [0.29, 0.717) is 0 Å². The van der Waals surface area contributed by atoms with Crippen LogP contribution in [-0.4, -0.2) is 23.8 Å². The summed E-state index contributed by atoms with van der Waals surface area (Å²) in [6.45, 7) is 3.36. The van der Waals surface area contributed by atoms with E-state index in [0.717, 1.165) is 13.0 Å². The molecule has 8 heavy (non-hydrogen) atoms. The number of hydrogen-bond acceptors (Lipinski definition) is 2. The molecular formula is C5H12ClNO. The number of halogens is 1. The van der Waals surface area contributed by atoms with Crippen molar-refractivity contribution in [1.82, 2.24) is 5.32 Å². The second-order valence-electron chi connectivity index (χ2n) is 2.40. The Kier molecular flexibility index (Phi) is 2.74. The third kappa shape index (κ3) is 1.34. The van der Waals surface area contributed by atoms with Gasteiger partial charge in [-0.15, -0.1) is 12.4 Å².